The number of carbonyl (C=O) groups is 1. The van der Waals surface area contributed by atoms with Crippen molar-refractivity contribution in [1.82, 2.24) is 0 Å². The third kappa shape index (κ3) is 7.05. The standard InChI is InChI=1S/C9H21NO3Si/c1-4-13-14(2,3)7-5-6-12-9(11)8-10/h4-8,10H2,1-3H3. The van der Waals surface area contributed by atoms with Crippen LogP contribution in [0.5, 0.6) is 0 Å². The average molecular weight is 219 g/mol. The van der Waals surface area contributed by atoms with Crippen LogP contribution in [-0.2, 0) is 14.0 Å². The monoisotopic (exact) mass is 219 g/mol. The van der Waals surface area contributed by atoms with Crippen LogP contribution in [0, 0.1) is 0 Å². The molecule has 0 atom stereocenters. The molecule has 0 aliphatic carbocycles. The van der Waals surface area contributed by atoms with E-state index in [1.165, 1.54) is 0 Å². The molecule has 0 heterocycles. The third-order valence-corrected chi connectivity index (χ3v) is 4.52. The van der Waals surface area contributed by atoms with E-state index in [1.807, 2.05) is 6.92 Å². The molecule has 0 aliphatic heterocycles. The number of nitrogens with two attached hydrogens (primary N) is 1. The smallest absolute Gasteiger partial charge is 0.319 e. The maximum absolute atomic E-state index is 10.7. The van der Waals surface area contributed by atoms with Gasteiger partial charge in [0.2, 0.25) is 0 Å². The highest BCUT2D eigenvalue weighted by molar-refractivity contribution is 6.71. The van der Waals surface area contributed by atoms with Crippen LogP contribution in [0.4, 0.5) is 0 Å². The summed E-state index contributed by atoms with van der Waals surface area (Å²) in [4.78, 5) is 10.7. The van der Waals surface area contributed by atoms with Crippen molar-refractivity contribution < 1.29 is 14.0 Å². The Labute approximate surface area is 86.9 Å². The van der Waals surface area contributed by atoms with Crippen LogP contribution in [0.25, 0.3) is 0 Å². The zero-order chi connectivity index (χ0) is 11.0. The summed E-state index contributed by atoms with van der Waals surface area (Å²) in [5, 5.41) is 0. The molecule has 0 saturated carbocycles. The molecule has 2 N–H and O–H groups in total. The number of carbonyl (C=O) groups excluding carboxylic acids is 1. The van der Waals surface area contributed by atoms with Crippen LogP contribution in [0.2, 0.25) is 19.1 Å². The minimum absolute atomic E-state index is 0.0354. The Hall–Kier alpha value is -0.393. The lowest BCUT2D eigenvalue weighted by Crippen LogP contribution is -2.30. The summed E-state index contributed by atoms with van der Waals surface area (Å²) >= 11 is 0. The van der Waals surface area contributed by atoms with Gasteiger partial charge in [-0.1, -0.05) is 0 Å². The van der Waals surface area contributed by atoms with E-state index in [0.717, 1.165) is 19.1 Å². The quantitative estimate of drug-likeness (QED) is 0.396. The van der Waals surface area contributed by atoms with Crippen LogP contribution in [0.3, 0.4) is 0 Å². The van der Waals surface area contributed by atoms with Gasteiger partial charge in [-0.3, -0.25) is 4.79 Å². The van der Waals surface area contributed by atoms with Crippen LogP contribution in [0.15, 0.2) is 0 Å². The predicted octanol–water partition coefficient (Wildman–Crippen LogP) is 1.12. The van der Waals surface area contributed by atoms with Crippen molar-refractivity contribution in [2.45, 2.75) is 32.5 Å². The molecular weight excluding hydrogens is 198 g/mol. The molecule has 0 fully saturated rings. The molecule has 0 amide bonds. The number of hydrogen-bond donors (Lipinski definition) is 1. The van der Waals surface area contributed by atoms with Crippen LogP contribution in [-0.4, -0.2) is 34.0 Å². The topological polar surface area (TPSA) is 61.5 Å². The second kappa shape index (κ2) is 6.97. The van der Waals surface area contributed by atoms with Crippen LogP contribution >= 0.6 is 0 Å². The fourth-order valence-electron chi connectivity index (χ4n) is 1.21. The lowest BCUT2D eigenvalue weighted by Gasteiger charge is -2.21. The Morgan fingerprint density at radius 1 is 1.43 bits per heavy atom. The molecule has 0 saturated heterocycles. The van der Waals surface area contributed by atoms with Crippen molar-refractivity contribution >= 4 is 14.3 Å². The molecule has 14 heavy (non-hydrogen) atoms. The zero-order valence-electron chi connectivity index (χ0n) is 9.34. The number of esters is 1. The summed E-state index contributed by atoms with van der Waals surface area (Å²) in [6, 6.07) is 1.01. The summed E-state index contributed by atoms with van der Waals surface area (Å²) in [7, 11) is -1.51. The van der Waals surface area contributed by atoms with Crippen molar-refractivity contribution in [1.29, 1.82) is 0 Å². The van der Waals surface area contributed by atoms with Gasteiger partial charge in [-0.25, -0.2) is 0 Å². The fraction of sp³-hybridized carbons (Fsp3) is 0.889. The normalized spacial score (nSPS) is 11.4. The predicted molar refractivity (Wildman–Crippen MR) is 58.5 cm³/mol. The SMILES string of the molecule is CCO[Si](C)(C)CCCOC(=O)CN. The second-order valence-electron chi connectivity index (χ2n) is 3.72. The first-order valence-electron chi connectivity index (χ1n) is 5.01. The molecule has 5 heteroatoms. The van der Waals surface area contributed by atoms with E-state index in [2.05, 4.69) is 13.1 Å². The van der Waals surface area contributed by atoms with E-state index < -0.39 is 8.32 Å². The molecule has 0 rings (SSSR count). The van der Waals surface area contributed by atoms with E-state index in [1.54, 1.807) is 0 Å². The van der Waals surface area contributed by atoms with Gasteiger partial charge in [0.1, 0.15) is 0 Å². The highest BCUT2D eigenvalue weighted by Crippen LogP contribution is 2.13. The Kier molecular flexibility index (Phi) is 6.78. The molecule has 0 unspecified atom stereocenters. The lowest BCUT2D eigenvalue weighted by atomic mass is 10.5. The molecular formula is C9H21NO3Si. The Morgan fingerprint density at radius 2 is 2.07 bits per heavy atom. The molecule has 0 aromatic heterocycles. The van der Waals surface area contributed by atoms with Gasteiger partial charge < -0.3 is 14.9 Å². The van der Waals surface area contributed by atoms with Crippen LogP contribution in [0.1, 0.15) is 13.3 Å². The van der Waals surface area contributed by atoms with Crippen molar-refractivity contribution in [3.05, 3.63) is 0 Å². The van der Waals surface area contributed by atoms with Gasteiger partial charge in [-0.2, -0.15) is 0 Å². The molecule has 0 bridgehead atoms. The van der Waals surface area contributed by atoms with E-state index in [9.17, 15) is 4.79 Å². The number of rotatable bonds is 7. The van der Waals surface area contributed by atoms with Crippen LogP contribution < -0.4 is 5.73 Å². The molecule has 0 aromatic rings. The van der Waals surface area contributed by atoms with E-state index >= 15 is 0 Å². The number of ether oxygens (including phenoxy) is 1. The van der Waals surface area contributed by atoms with Gasteiger partial charge in [-0.15, -0.1) is 0 Å². The minimum Gasteiger partial charge on any atom is -0.465 e. The third-order valence-electron chi connectivity index (χ3n) is 1.89. The first-order valence-corrected chi connectivity index (χ1v) is 8.13. The minimum atomic E-state index is -1.51. The van der Waals surface area contributed by atoms with Crippen molar-refractivity contribution in [2.75, 3.05) is 19.8 Å². The highest BCUT2D eigenvalue weighted by atomic mass is 28.4. The second-order valence-corrected chi connectivity index (χ2v) is 8.03. The summed E-state index contributed by atoms with van der Waals surface area (Å²) in [6.07, 6.45) is 0.866. The highest BCUT2D eigenvalue weighted by Gasteiger charge is 2.20. The summed E-state index contributed by atoms with van der Waals surface area (Å²) < 4.78 is 10.5. The molecule has 4 nitrogen and oxygen atoms in total. The Bertz CT molecular complexity index is 173. The van der Waals surface area contributed by atoms with Gasteiger partial charge >= 0.3 is 5.97 Å². The maximum atomic E-state index is 10.7. The summed E-state index contributed by atoms with van der Waals surface area (Å²) in [5.41, 5.74) is 5.10. The largest absolute Gasteiger partial charge is 0.465 e. The zero-order valence-corrected chi connectivity index (χ0v) is 10.3. The molecule has 0 aromatic carbocycles. The number of hydrogen-bond acceptors (Lipinski definition) is 4. The van der Waals surface area contributed by atoms with E-state index in [4.69, 9.17) is 14.9 Å². The van der Waals surface area contributed by atoms with Gasteiger partial charge in [0.05, 0.1) is 13.2 Å². The first-order chi connectivity index (χ1) is 6.52. The van der Waals surface area contributed by atoms with Crippen molar-refractivity contribution in [3.8, 4) is 0 Å². The van der Waals surface area contributed by atoms with Crippen molar-refractivity contribution in [3.63, 3.8) is 0 Å². The van der Waals surface area contributed by atoms with Gasteiger partial charge in [-0.05, 0) is 32.5 Å². The van der Waals surface area contributed by atoms with E-state index in [-0.39, 0.29) is 12.5 Å². The maximum Gasteiger partial charge on any atom is 0.319 e. The molecule has 0 radical (unpaired) electrons. The average Bonchev–Trinajstić information content (AvgIpc) is 2.12. The lowest BCUT2D eigenvalue weighted by molar-refractivity contribution is -0.141. The van der Waals surface area contributed by atoms with E-state index in [0.29, 0.717) is 6.61 Å². The Balaban J connectivity index is 3.48. The molecule has 84 valence electrons. The van der Waals surface area contributed by atoms with Crippen molar-refractivity contribution in [2.24, 2.45) is 5.73 Å². The van der Waals surface area contributed by atoms with Gasteiger partial charge in [0.15, 0.2) is 8.32 Å². The fourth-order valence-corrected chi connectivity index (χ4v) is 3.13. The molecule has 0 spiro atoms. The first kappa shape index (κ1) is 13.6. The van der Waals surface area contributed by atoms with Gasteiger partial charge in [0.25, 0.3) is 0 Å². The summed E-state index contributed by atoms with van der Waals surface area (Å²) in [6.45, 7) is 7.53. The molecule has 0 aliphatic rings. The Morgan fingerprint density at radius 3 is 2.57 bits per heavy atom. The van der Waals surface area contributed by atoms with Gasteiger partial charge in [0, 0.05) is 6.61 Å². The summed E-state index contributed by atoms with van der Waals surface area (Å²) in [5.74, 6) is -0.333.